The number of anilines is 1. The number of rotatable bonds is 6. The van der Waals surface area contributed by atoms with Crippen LogP contribution in [0.15, 0.2) is 12.3 Å². The molecule has 1 rings (SSSR count). The summed E-state index contributed by atoms with van der Waals surface area (Å²) in [6, 6.07) is 3.07. The second-order valence-electron chi connectivity index (χ2n) is 3.61. The number of ether oxygens (including phenoxy) is 1. The van der Waals surface area contributed by atoms with Crippen molar-refractivity contribution in [3.8, 4) is 6.07 Å². The van der Waals surface area contributed by atoms with Crippen LogP contribution in [0, 0.1) is 21.4 Å². The highest BCUT2D eigenvalue weighted by atomic mass is 16.6. The van der Waals surface area contributed by atoms with Crippen molar-refractivity contribution >= 4 is 11.5 Å². The summed E-state index contributed by atoms with van der Waals surface area (Å²) < 4.78 is 5.32. The molecule has 0 fully saturated rings. The molecule has 0 aliphatic carbocycles. The highest BCUT2D eigenvalue weighted by Crippen LogP contribution is 2.18. The maximum absolute atomic E-state index is 10.5. The Labute approximate surface area is 105 Å². The van der Waals surface area contributed by atoms with Crippen LogP contribution in [0.1, 0.15) is 19.4 Å². The van der Waals surface area contributed by atoms with Crippen molar-refractivity contribution in [3.63, 3.8) is 0 Å². The molecule has 0 spiro atoms. The van der Waals surface area contributed by atoms with Crippen LogP contribution in [0.2, 0.25) is 0 Å². The molecular weight excluding hydrogens is 236 g/mol. The Morgan fingerprint density at radius 3 is 3.00 bits per heavy atom. The van der Waals surface area contributed by atoms with Crippen molar-refractivity contribution in [1.82, 2.24) is 4.98 Å². The molecule has 7 heteroatoms. The molecule has 1 N–H and O–H groups in total. The van der Waals surface area contributed by atoms with Crippen LogP contribution in [0.3, 0.4) is 0 Å². The van der Waals surface area contributed by atoms with Crippen molar-refractivity contribution in [2.75, 3.05) is 18.5 Å². The number of hydrogen-bond acceptors (Lipinski definition) is 6. The number of hydrogen-bond donors (Lipinski definition) is 1. The molecule has 96 valence electrons. The van der Waals surface area contributed by atoms with Gasteiger partial charge in [-0.2, -0.15) is 5.26 Å². The first kappa shape index (κ1) is 13.9. The lowest BCUT2D eigenvalue weighted by molar-refractivity contribution is -0.385. The van der Waals surface area contributed by atoms with Crippen LogP contribution in [0.5, 0.6) is 0 Å². The van der Waals surface area contributed by atoms with Gasteiger partial charge in [0.25, 0.3) is 5.69 Å². The first-order valence-corrected chi connectivity index (χ1v) is 5.48. The molecule has 1 aromatic heterocycles. The average Bonchev–Trinajstić information content (AvgIpc) is 2.36. The summed E-state index contributed by atoms with van der Waals surface area (Å²) in [4.78, 5) is 13.8. The first-order chi connectivity index (χ1) is 8.58. The number of nitro groups is 1. The fourth-order valence-corrected chi connectivity index (χ4v) is 1.36. The quantitative estimate of drug-likeness (QED) is 0.609. The van der Waals surface area contributed by atoms with Gasteiger partial charge < -0.3 is 10.1 Å². The monoisotopic (exact) mass is 250 g/mol. The Bertz CT molecular complexity index is 470. The summed E-state index contributed by atoms with van der Waals surface area (Å²) >= 11 is 0. The van der Waals surface area contributed by atoms with E-state index in [1.807, 2.05) is 19.9 Å². The molecule has 0 aromatic carbocycles. The standard InChI is InChI=1S/C11H14N4O3/c1-3-18-8(2)6-13-11-9(5-12)4-10(7-14-11)15(16)17/h4,7-8H,3,6H2,1-2H3,(H,13,14). The molecule has 0 aliphatic heterocycles. The summed E-state index contributed by atoms with van der Waals surface area (Å²) in [5.74, 6) is 0.328. The minimum atomic E-state index is -0.583. The molecule has 1 aromatic rings. The third kappa shape index (κ3) is 3.68. The van der Waals surface area contributed by atoms with E-state index in [2.05, 4.69) is 10.3 Å². The zero-order chi connectivity index (χ0) is 13.5. The highest BCUT2D eigenvalue weighted by Gasteiger charge is 2.12. The Morgan fingerprint density at radius 1 is 1.72 bits per heavy atom. The van der Waals surface area contributed by atoms with Crippen LogP contribution < -0.4 is 5.32 Å². The molecule has 18 heavy (non-hydrogen) atoms. The fourth-order valence-electron chi connectivity index (χ4n) is 1.36. The Hall–Kier alpha value is -2.20. The van der Waals surface area contributed by atoms with Crippen LogP contribution in [-0.2, 0) is 4.74 Å². The molecule has 0 aliphatic rings. The third-order valence-corrected chi connectivity index (χ3v) is 2.21. The van der Waals surface area contributed by atoms with E-state index < -0.39 is 4.92 Å². The van der Waals surface area contributed by atoms with Crippen molar-refractivity contribution in [2.45, 2.75) is 20.0 Å². The molecule has 0 bridgehead atoms. The highest BCUT2D eigenvalue weighted by molar-refractivity contribution is 5.55. The van der Waals surface area contributed by atoms with Crippen molar-refractivity contribution in [1.29, 1.82) is 5.26 Å². The van der Waals surface area contributed by atoms with E-state index in [0.717, 1.165) is 6.20 Å². The van der Waals surface area contributed by atoms with Crippen LogP contribution in [-0.4, -0.2) is 29.2 Å². The maximum atomic E-state index is 10.5. The number of aromatic nitrogens is 1. The summed E-state index contributed by atoms with van der Waals surface area (Å²) in [6.45, 7) is 4.85. The van der Waals surface area contributed by atoms with Crippen LogP contribution >= 0.6 is 0 Å². The van der Waals surface area contributed by atoms with Crippen LogP contribution in [0.4, 0.5) is 11.5 Å². The van der Waals surface area contributed by atoms with Gasteiger partial charge >= 0.3 is 0 Å². The average molecular weight is 250 g/mol. The largest absolute Gasteiger partial charge is 0.377 e. The SMILES string of the molecule is CCOC(C)CNc1ncc([N+](=O)[O-])cc1C#N. The predicted octanol–water partition coefficient (Wildman–Crippen LogP) is 1.70. The molecule has 0 radical (unpaired) electrons. The molecule has 1 unspecified atom stereocenters. The Balaban J connectivity index is 2.78. The fraction of sp³-hybridized carbons (Fsp3) is 0.455. The molecular formula is C11H14N4O3. The van der Waals surface area contributed by atoms with Gasteiger partial charge in [-0.25, -0.2) is 4.98 Å². The van der Waals surface area contributed by atoms with Gasteiger partial charge in [0.15, 0.2) is 0 Å². The van der Waals surface area contributed by atoms with Gasteiger partial charge in [0.2, 0.25) is 0 Å². The number of nitrogens with one attached hydrogen (secondary N) is 1. The molecule has 0 saturated carbocycles. The first-order valence-electron chi connectivity index (χ1n) is 5.48. The van der Waals surface area contributed by atoms with E-state index in [4.69, 9.17) is 10.00 Å². The second kappa shape index (κ2) is 6.51. The lowest BCUT2D eigenvalue weighted by Gasteiger charge is -2.13. The second-order valence-corrected chi connectivity index (χ2v) is 3.61. The van der Waals surface area contributed by atoms with Gasteiger partial charge in [0, 0.05) is 19.2 Å². The number of pyridine rings is 1. The predicted molar refractivity (Wildman–Crippen MR) is 65.2 cm³/mol. The van der Waals surface area contributed by atoms with E-state index >= 15 is 0 Å². The summed E-state index contributed by atoms with van der Waals surface area (Å²) in [5, 5.41) is 22.4. The van der Waals surface area contributed by atoms with E-state index in [9.17, 15) is 10.1 Å². The molecule has 1 atom stereocenters. The van der Waals surface area contributed by atoms with Crippen molar-refractivity contribution < 1.29 is 9.66 Å². The normalized spacial score (nSPS) is 11.6. The van der Waals surface area contributed by atoms with Gasteiger partial charge in [-0.15, -0.1) is 0 Å². The van der Waals surface area contributed by atoms with E-state index in [0.29, 0.717) is 19.0 Å². The maximum Gasteiger partial charge on any atom is 0.289 e. The zero-order valence-corrected chi connectivity index (χ0v) is 10.2. The van der Waals surface area contributed by atoms with E-state index in [-0.39, 0.29) is 17.4 Å². The van der Waals surface area contributed by atoms with Crippen LogP contribution in [0.25, 0.3) is 0 Å². The van der Waals surface area contributed by atoms with Gasteiger partial charge in [-0.3, -0.25) is 10.1 Å². The molecule has 1 heterocycles. The molecule has 0 amide bonds. The van der Waals surface area contributed by atoms with E-state index in [1.165, 1.54) is 6.07 Å². The van der Waals surface area contributed by atoms with Crippen molar-refractivity contribution in [3.05, 3.63) is 27.9 Å². The number of nitriles is 1. The van der Waals surface area contributed by atoms with Gasteiger partial charge in [0.1, 0.15) is 23.6 Å². The third-order valence-electron chi connectivity index (χ3n) is 2.21. The Morgan fingerprint density at radius 2 is 2.44 bits per heavy atom. The lowest BCUT2D eigenvalue weighted by atomic mass is 10.2. The van der Waals surface area contributed by atoms with Gasteiger partial charge in [-0.1, -0.05) is 0 Å². The summed E-state index contributed by atoms with van der Waals surface area (Å²) in [5.41, 5.74) is -0.0529. The van der Waals surface area contributed by atoms with E-state index in [1.54, 1.807) is 0 Å². The Kier molecular flexibility index (Phi) is 5.02. The zero-order valence-electron chi connectivity index (χ0n) is 10.2. The smallest absolute Gasteiger partial charge is 0.289 e. The van der Waals surface area contributed by atoms with Gasteiger partial charge in [0.05, 0.1) is 11.0 Å². The lowest BCUT2D eigenvalue weighted by Crippen LogP contribution is -2.20. The van der Waals surface area contributed by atoms with Gasteiger partial charge in [-0.05, 0) is 13.8 Å². The molecule has 7 nitrogen and oxygen atoms in total. The van der Waals surface area contributed by atoms with Crippen molar-refractivity contribution in [2.24, 2.45) is 0 Å². The topological polar surface area (TPSA) is 101 Å². The minimum Gasteiger partial charge on any atom is -0.377 e. The summed E-state index contributed by atoms with van der Waals surface area (Å²) in [6.07, 6.45) is 1.09. The summed E-state index contributed by atoms with van der Waals surface area (Å²) in [7, 11) is 0. The minimum absolute atomic E-state index is 0.0291. The molecule has 0 saturated heterocycles. The number of nitrogens with zero attached hydrogens (tertiary/aromatic N) is 3.